The van der Waals surface area contributed by atoms with Gasteiger partial charge < -0.3 is 10.0 Å². The van der Waals surface area contributed by atoms with E-state index in [0.717, 1.165) is 13.0 Å². The van der Waals surface area contributed by atoms with Gasteiger partial charge in [-0.1, -0.05) is 6.92 Å². The van der Waals surface area contributed by atoms with Crippen molar-refractivity contribution in [2.45, 2.75) is 45.8 Å². The number of hydrogen-bond acceptors (Lipinski definition) is 5. The molecule has 3 unspecified atom stereocenters. The minimum Gasteiger partial charge on any atom is -0.388 e. The second-order valence-corrected chi connectivity index (χ2v) is 6.52. The van der Waals surface area contributed by atoms with Crippen molar-refractivity contribution in [1.82, 2.24) is 0 Å². The maximum atomic E-state index is 11.2. The molecular weight excluding hydrogens is 264 g/mol. The fourth-order valence-corrected chi connectivity index (χ4v) is 3.68. The van der Waals surface area contributed by atoms with Gasteiger partial charge in [-0.05, 0) is 32.6 Å². The lowest BCUT2D eigenvalue weighted by Gasteiger charge is -2.37. The number of nitro groups is 1. The minimum absolute atomic E-state index is 0.127. The van der Waals surface area contributed by atoms with Gasteiger partial charge in [0.2, 0.25) is 0 Å². The minimum atomic E-state index is -0.657. The molecule has 1 aromatic heterocycles. The van der Waals surface area contributed by atoms with Crippen molar-refractivity contribution in [1.29, 1.82) is 0 Å². The largest absolute Gasteiger partial charge is 0.388 e. The summed E-state index contributed by atoms with van der Waals surface area (Å²) < 4.78 is 0. The van der Waals surface area contributed by atoms with Crippen LogP contribution in [0.3, 0.4) is 0 Å². The van der Waals surface area contributed by atoms with Gasteiger partial charge in [-0.2, -0.15) is 0 Å². The summed E-state index contributed by atoms with van der Waals surface area (Å²) in [6, 6.07) is 1.83. The highest BCUT2D eigenvalue weighted by Gasteiger charge is 2.31. The number of nitrogens with zero attached hydrogens (tertiary/aromatic N) is 2. The number of anilines is 1. The third kappa shape index (κ3) is 2.90. The molecular formula is C13H20N2O3S. The summed E-state index contributed by atoms with van der Waals surface area (Å²) in [5, 5.41) is 21.5. The third-order valence-electron chi connectivity index (χ3n) is 3.70. The van der Waals surface area contributed by atoms with E-state index in [1.165, 1.54) is 23.8 Å². The topological polar surface area (TPSA) is 66.6 Å². The number of hydrogen-bond donors (Lipinski definition) is 1. The molecule has 6 heteroatoms. The van der Waals surface area contributed by atoms with Crippen LogP contribution in [-0.2, 0) is 0 Å². The molecule has 2 heterocycles. The van der Waals surface area contributed by atoms with E-state index < -0.39 is 6.10 Å². The van der Waals surface area contributed by atoms with Crippen molar-refractivity contribution in [3.05, 3.63) is 21.1 Å². The van der Waals surface area contributed by atoms with Crippen LogP contribution < -0.4 is 4.90 Å². The molecule has 0 amide bonds. The lowest BCUT2D eigenvalue weighted by molar-refractivity contribution is -0.383. The first-order valence-corrected chi connectivity index (χ1v) is 7.44. The molecule has 5 nitrogen and oxygen atoms in total. The van der Waals surface area contributed by atoms with Gasteiger partial charge in [-0.25, -0.2) is 0 Å². The SMILES string of the molecule is CC1CCC(C)N(c2sc(C(C)O)cc2[N+](=O)[O-])C1. The van der Waals surface area contributed by atoms with E-state index in [2.05, 4.69) is 18.7 Å². The summed E-state index contributed by atoms with van der Waals surface area (Å²) in [6.45, 7) is 6.77. The molecule has 1 aliphatic heterocycles. The number of thiophene rings is 1. The maximum Gasteiger partial charge on any atom is 0.304 e. The Labute approximate surface area is 117 Å². The van der Waals surface area contributed by atoms with Crippen LogP contribution in [0, 0.1) is 16.0 Å². The summed E-state index contributed by atoms with van der Waals surface area (Å²) in [6.07, 6.45) is 1.57. The lowest BCUT2D eigenvalue weighted by atomic mass is 9.95. The van der Waals surface area contributed by atoms with Gasteiger partial charge in [0.25, 0.3) is 0 Å². The van der Waals surface area contributed by atoms with Crippen LogP contribution in [0.5, 0.6) is 0 Å². The Morgan fingerprint density at radius 2 is 2.21 bits per heavy atom. The molecule has 0 aromatic carbocycles. The Bertz CT molecular complexity index is 472. The van der Waals surface area contributed by atoms with E-state index in [0.29, 0.717) is 21.8 Å². The zero-order valence-corrected chi connectivity index (χ0v) is 12.3. The van der Waals surface area contributed by atoms with Gasteiger partial charge in [0.1, 0.15) is 0 Å². The molecule has 2 rings (SSSR count). The summed E-state index contributed by atoms with van der Waals surface area (Å²) in [5.41, 5.74) is 0.127. The quantitative estimate of drug-likeness (QED) is 0.683. The molecule has 0 radical (unpaired) electrons. The summed E-state index contributed by atoms with van der Waals surface area (Å²) in [7, 11) is 0. The number of rotatable bonds is 3. The molecule has 1 saturated heterocycles. The van der Waals surface area contributed by atoms with Crippen molar-refractivity contribution in [3.63, 3.8) is 0 Å². The van der Waals surface area contributed by atoms with Gasteiger partial charge in [0.15, 0.2) is 5.00 Å². The molecule has 1 aliphatic rings. The average Bonchev–Trinajstić information content (AvgIpc) is 2.77. The fraction of sp³-hybridized carbons (Fsp3) is 0.692. The fourth-order valence-electron chi connectivity index (χ4n) is 2.50. The van der Waals surface area contributed by atoms with Crippen LogP contribution >= 0.6 is 11.3 Å². The molecule has 0 spiro atoms. The van der Waals surface area contributed by atoms with Crippen molar-refractivity contribution >= 4 is 22.0 Å². The third-order valence-corrected chi connectivity index (χ3v) is 5.03. The van der Waals surface area contributed by atoms with E-state index >= 15 is 0 Å². The Morgan fingerprint density at radius 3 is 2.79 bits per heavy atom. The molecule has 1 N–H and O–H groups in total. The first kappa shape index (κ1) is 14.3. The summed E-state index contributed by atoms with van der Waals surface area (Å²) >= 11 is 1.34. The van der Waals surface area contributed by atoms with Crippen LogP contribution in [0.2, 0.25) is 0 Å². The highest BCUT2D eigenvalue weighted by molar-refractivity contribution is 7.16. The van der Waals surface area contributed by atoms with Crippen molar-refractivity contribution < 1.29 is 10.0 Å². The first-order chi connectivity index (χ1) is 8.90. The van der Waals surface area contributed by atoms with Crippen LogP contribution in [0.15, 0.2) is 6.07 Å². The standard InChI is InChI=1S/C13H20N2O3S/c1-8-4-5-9(2)14(7-8)13-11(15(17)18)6-12(19-13)10(3)16/h6,8-10,16H,4-5,7H2,1-3H3. The van der Waals surface area contributed by atoms with E-state index in [-0.39, 0.29) is 10.6 Å². The zero-order chi connectivity index (χ0) is 14.2. The van der Waals surface area contributed by atoms with Crippen LogP contribution in [-0.4, -0.2) is 22.6 Å². The van der Waals surface area contributed by atoms with Gasteiger partial charge in [0, 0.05) is 23.5 Å². The number of piperidine rings is 1. The highest BCUT2D eigenvalue weighted by Crippen LogP contribution is 2.42. The van der Waals surface area contributed by atoms with Gasteiger partial charge in [-0.15, -0.1) is 11.3 Å². The molecule has 1 fully saturated rings. The van der Waals surface area contributed by atoms with Crippen molar-refractivity contribution in [2.75, 3.05) is 11.4 Å². The Balaban J connectivity index is 2.39. The smallest absolute Gasteiger partial charge is 0.304 e. The Kier molecular flexibility index (Phi) is 4.10. The van der Waals surface area contributed by atoms with E-state index in [4.69, 9.17) is 0 Å². The second-order valence-electron chi connectivity index (χ2n) is 5.46. The van der Waals surface area contributed by atoms with E-state index in [1.807, 2.05) is 0 Å². The van der Waals surface area contributed by atoms with Crippen molar-refractivity contribution in [2.24, 2.45) is 5.92 Å². The molecule has 1 aromatic rings. The van der Waals surface area contributed by atoms with E-state index in [9.17, 15) is 15.2 Å². The number of aliphatic hydroxyl groups excluding tert-OH is 1. The Hall–Kier alpha value is -1.14. The molecule has 0 saturated carbocycles. The maximum absolute atomic E-state index is 11.2. The molecule has 0 aliphatic carbocycles. The van der Waals surface area contributed by atoms with Gasteiger partial charge in [0.05, 0.1) is 11.0 Å². The summed E-state index contributed by atoms with van der Waals surface area (Å²) in [4.78, 5) is 13.6. The highest BCUT2D eigenvalue weighted by atomic mass is 32.1. The van der Waals surface area contributed by atoms with Gasteiger partial charge in [-0.3, -0.25) is 10.1 Å². The zero-order valence-electron chi connectivity index (χ0n) is 11.5. The normalized spacial score (nSPS) is 25.4. The second kappa shape index (κ2) is 5.46. The molecule has 19 heavy (non-hydrogen) atoms. The van der Waals surface area contributed by atoms with Gasteiger partial charge >= 0.3 is 5.69 Å². The Morgan fingerprint density at radius 1 is 1.53 bits per heavy atom. The first-order valence-electron chi connectivity index (χ1n) is 6.63. The average molecular weight is 284 g/mol. The predicted molar refractivity (Wildman–Crippen MR) is 76.8 cm³/mol. The monoisotopic (exact) mass is 284 g/mol. The number of aliphatic hydroxyl groups is 1. The molecule has 3 atom stereocenters. The van der Waals surface area contributed by atoms with Crippen LogP contribution in [0.4, 0.5) is 10.7 Å². The predicted octanol–water partition coefficient (Wildman–Crippen LogP) is 3.33. The van der Waals surface area contributed by atoms with Crippen molar-refractivity contribution in [3.8, 4) is 0 Å². The molecule has 0 bridgehead atoms. The van der Waals surface area contributed by atoms with Crippen LogP contribution in [0.25, 0.3) is 0 Å². The molecule has 106 valence electrons. The van der Waals surface area contributed by atoms with E-state index in [1.54, 1.807) is 6.92 Å². The lowest BCUT2D eigenvalue weighted by Crippen LogP contribution is -2.40. The summed E-state index contributed by atoms with van der Waals surface area (Å²) in [5.74, 6) is 0.549. The van der Waals surface area contributed by atoms with Crippen LogP contribution in [0.1, 0.15) is 44.6 Å².